The normalized spacial score (nSPS) is 23.6. The molecule has 2 unspecified atom stereocenters. The molecule has 1 saturated heterocycles. The van der Waals surface area contributed by atoms with Gasteiger partial charge in [0.1, 0.15) is 5.82 Å². The van der Waals surface area contributed by atoms with Crippen LogP contribution in [0, 0.1) is 11.7 Å². The zero-order valence-corrected chi connectivity index (χ0v) is 11.8. The highest BCUT2D eigenvalue weighted by molar-refractivity contribution is 5.91. The van der Waals surface area contributed by atoms with Gasteiger partial charge in [-0.3, -0.25) is 4.90 Å². The van der Waals surface area contributed by atoms with E-state index >= 15 is 0 Å². The Hall–Kier alpha value is -1.46. The smallest absolute Gasteiger partial charge is 0.338 e. The first-order valence-electron chi connectivity index (χ1n) is 6.78. The van der Waals surface area contributed by atoms with Crippen LogP contribution < -0.4 is 0 Å². The van der Waals surface area contributed by atoms with Gasteiger partial charge >= 0.3 is 5.97 Å². The Morgan fingerprint density at radius 1 is 1.55 bits per heavy atom. The molecule has 2 rings (SSSR count). The van der Waals surface area contributed by atoms with E-state index in [9.17, 15) is 14.3 Å². The summed E-state index contributed by atoms with van der Waals surface area (Å²) in [4.78, 5) is 13.8. The average molecular weight is 281 g/mol. The van der Waals surface area contributed by atoms with Gasteiger partial charge in [-0.25, -0.2) is 9.18 Å². The SMILES string of the molecule is COC(=O)c1cc(F)ccc1CN1CCC(C)C(O)C1. The number of rotatable bonds is 3. The summed E-state index contributed by atoms with van der Waals surface area (Å²) in [6.07, 6.45) is 0.557. The summed E-state index contributed by atoms with van der Waals surface area (Å²) in [6.45, 7) is 3.96. The van der Waals surface area contributed by atoms with Crippen molar-refractivity contribution in [1.82, 2.24) is 4.90 Å². The molecule has 0 spiro atoms. The lowest BCUT2D eigenvalue weighted by atomic mass is 9.95. The molecule has 20 heavy (non-hydrogen) atoms. The number of carbonyl (C=O) groups is 1. The fraction of sp³-hybridized carbons (Fsp3) is 0.533. The van der Waals surface area contributed by atoms with Crippen LogP contribution in [0.15, 0.2) is 18.2 Å². The Morgan fingerprint density at radius 3 is 2.95 bits per heavy atom. The summed E-state index contributed by atoms with van der Waals surface area (Å²) in [5.74, 6) is -0.702. The van der Waals surface area contributed by atoms with E-state index in [-0.39, 0.29) is 11.7 Å². The third kappa shape index (κ3) is 3.35. The number of likely N-dealkylation sites (tertiary alicyclic amines) is 1. The number of carbonyl (C=O) groups excluding carboxylic acids is 1. The van der Waals surface area contributed by atoms with E-state index in [1.54, 1.807) is 6.07 Å². The number of nitrogens with zero attached hydrogens (tertiary/aromatic N) is 1. The Bertz CT molecular complexity index is 492. The largest absolute Gasteiger partial charge is 0.465 e. The van der Waals surface area contributed by atoms with Crippen LogP contribution in [0.2, 0.25) is 0 Å². The van der Waals surface area contributed by atoms with Gasteiger partial charge in [-0.05, 0) is 36.6 Å². The molecule has 110 valence electrons. The summed E-state index contributed by atoms with van der Waals surface area (Å²) in [5.41, 5.74) is 0.973. The second kappa shape index (κ2) is 6.33. The third-order valence-electron chi connectivity index (χ3n) is 3.87. The summed E-state index contributed by atoms with van der Waals surface area (Å²) >= 11 is 0. The van der Waals surface area contributed by atoms with Crippen molar-refractivity contribution in [3.8, 4) is 0 Å². The van der Waals surface area contributed by atoms with Crippen LogP contribution in [-0.4, -0.2) is 42.3 Å². The second-order valence-corrected chi connectivity index (χ2v) is 5.36. The van der Waals surface area contributed by atoms with Crippen molar-refractivity contribution >= 4 is 5.97 Å². The number of esters is 1. The molecule has 0 saturated carbocycles. The van der Waals surface area contributed by atoms with E-state index in [2.05, 4.69) is 9.64 Å². The molecule has 0 radical (unpaired) electrons. The van der Waals surface area contributed by atoms with Crippen molar-refractivity contribution in [2.45, 2.75) is 26.0 Å². The van der Waals surface area contributed by atoms with Crippen LogP contribution in [0.3, 0.4) is 0 Å². The Labute approximate surface area is 118 Å². The molecule has 1 aliphatic rings. The molecule has 1 aromatic rings. The van der Waals surface area contributed by atoms with Gasteiger partial charge in [0.05, 0.1) is 18.8 Å². The molecule has 2 atom stereocenters. The van der Waals surface area contributed by atoms with E-state index in [0.717, 1.165) is 18.5 Å². The lowest BCUT2D eigenvalue weighted by Crippen LogP contribution is -2.42. The molecule has 0 aliphatic carbocycles. The van der Waals surface area contributed by atoms with Crippen LogP contribution in [0.1, 0.15) is 29.3 Å². The van der Waals surface area contributed by atoms with Crippen LogP contribution in [0.4, 0.5) is 4.39 Å². The highest BCUT2D eigenvalue weighted by Crippen LogP contribution is 2.21. The van der Waals surface area contributed by atoms with Crippen molar-refractivity contribution < 1.29 is 19.0 Å². The number of aliphatic hydroxyl groups excluding tert-OH is 1. The number of hydrogen-bond donors (Lipinski definition) is 1. The maximum atomic E-state index is 13.3. The minimum atomic E-state index is -0.537. The van der Waals surface area contributed by atoms with Crippen LogP contribution in [0.5, 0.6) is 0 Å². The number of halogens is 1. The first kappa shape index (κ1) is 14.9. The van der Waals surface area contributed by atoms with Gasteiger partial charge in [0, 0.05) is 13.1 Å². The number of aliphatic hydroxyl groups is 1. The lowest BCUT2D eigenvalue weighted by Gasteiger charge is -2.34. The van der Waals surface area contributed by atoms with Crippen LogP contribution >= 0.6 is 0 Å². The van der Waals surface area contributed by atoms with Gasteiger partial charge in [0.2, 0.25) is 0 Å². The summed E-state index contributed by atoms with van der Waals surface area (Å²) in [7, 11) is 1.28. The standard InChI is InChI=1S/C15H20FNO3/c1-10-5-6-17(9-14(10)18)8-11-3-4-12(16)7-13(11)15(19)20-2/h3-4,7,10,14,18H,5-6,8-9H2,1-2H3. The highest BCUT2D eigenvalue weighted by atomic mass is 19.1. The molecule has 1 fully saturated rings. The van der Waals surface area contributed by atoms with Crippen molar-refractivity contribution in [3.63, 3.8) is 0 Å². The summed E-state index contributed by atoms with van der Waals surface area (Å²) in [5, 5.41) is 9.90. The van der Waals surface area contributed by atoms with Gasteiger partial charge in [0.15, 0.2) is 0 Å². The molecule has 0 amide bonds. The molecule has 1 aliphatic heterocycles. The molecular weight excluding hydrogens is 261 g/mol. The maximum Gasteiger partial charge on any atom is 0.338 e. The fourth-order valence-corrected chi connectivity index (χ4v) is 2.49. The number of methoxy groups -OCH3 is 1. The number of hydrogen-bond acceptors (Lipinski definition) is 4. The zero-order valence-electron chi connectivity index (χ0n) is 11.8. The van der Waals surface area contributed by atoms with Gasteiger partial charge in [-0.15, -0.1) is 0 Å². The Morgan fingerprint density at radius 2 is 2.30 bits per heavy atom. The molecule has 1 N–H and O–H groups in total. The number of piperidine rings is 1. The summed E-state index contributed by atoms with van der Waals surface area (Å²) in [6, 6.07) is 4.14. The predicted molar refractivity (Wildman–Crippen MR) is 72.8 cm³/mol. The molecule has 0 bridgehead atoms. The number of β-amino-alcohol motifs (C(OH)–C–C–N with tert-alkyl or cyclic N) is 1. The van der Waals surface area contributed by atoms with E-state index in [4.69, 9.17) is 0 Å². The first-order chi connectivity index (χ1) is 9.51. The maximum absolute atomic E-state index is 13.3. The van der Waals surface area contributed by atoms with Gasteiger partial charge < -0.3 is 9.84 Å². The lowest BCUT2D eigenvalue weighted by molar-refractivity contribution is 0.0256. The Balaban J connectivity index is 2.15. The van der Waals surface area contributed by atoms with Gasteiger partial charge in [0.25, 0.3) is 0 Å². The van der Waals surface area contributed by atoms with E-state index in [1.807, 2.05) is 6.92 Å². The fourth-order valence-electron chi connectivity index (χ4n) is 2.49. The van der Waals surface area contributed by atoms with Gasteiger partial charge in [-0.1, -0.05) is 13.0 Å². The topological polar surface area (TPSA) is 49.8 Å². The molecule has 1 aromatic carbocycles. The number of ether oxygens (including phenoxy) is 1. The summed E-state index contributed by atoms with van der Waals surface area (Å²) < 4.78 is 18.0. The van der Waals surface area contributed by atoms with Crippen LogP contribution in [0.25, 0.3) is 0 Å². The third-order valence-corrected chi connectivity index (χ3v) is 3.87. The van der Waals surface area contributed by atoms with E-state index in [0.29, 0.717) is 19.0 Å². The molecule has 1 heterocycles. The molecule has 4 nitrogen and oxygen atoms in total. The quantitative estimate of drug-likeness (QED) is 0.859. The van der Waals surface area contributed by atoms with Crippen LogP contribution in [-0.2, 0) is 11.3 Å². The molecule has 0 aromatic heterocycles. The van der Waals surface area contributed by atoms with Crippen molar-refractivity contribution in [2.75, 3.05) is 20.2 Å². The predicted octanol–water partition coefficient (Wildman–Crippen LogP) is 1.81. The monoisotopic (exact) mass is 281 g/mol. The van der Waals surface area contributed by atoms with Crippen molar-refractivity contribution in [3.05, 3.63) is 35.1 Å². The molecular formula is C15H20FNO3. The Kier molecular flexibility index (Phi) is 4.73. The molecule has 5 heteroatoms. The highest BCUT2D eigenvalue weighted by Gasteiger charge is 2.25. The minimum absolute atomic E-state index is 0.251. The van der Waals surface area contributed by atoms with Gasteiger partial charge in [-0.2, -0.15) is 0 Å². The minimum Gasteiger partial charge on any atom is -0.465 e. The van der Waals surface area contributed by atoms with Crippen molar-refractivity contribution in [1.29, 1.82) is 0 Å². The van der Waals surface area contributed by atoms with E-state index < -0.39 is 11.8 Å². The number of benzene rings is 1. The zero-order chi connectivity index (χ0) is 14.7. The average Bonchev–Trinajstić information content (AvgIpc) is 2.44. The second-order valence-electron chi connectivity index (χ2n) is 5.36. The van der Waals surface area contributed by atoms with E-state index in [1.165, 1.54) is 19.2 Å². The van der Waals surface area contributed by atoms with Crippen molar-refractivity contribution in [2.24, 2.45) is 5.92 Å². The first-order valence-corrected chi connectivity index (χ1v) is 6.78.